The molecule has 2 aliphatic heterocycles. The average molecular weight is 395 g/mol. The highest BCUT2D eigenvalue weighted by Gasteiger charge is 2.35. The molecule has 0 saturated carbocycles. The second-order valence-corrected chi connectivity index (χ2v) is 7.00. The van der Waals surface area contributed by atoms with Crippen molar-refractivity contribution in [1.82, 2.24) is 15.8 Å². The first-order valence-electron chi connectivity index (χ1n) is 9.40. The van der Waals surface area contributed by atoms with Crippen LogP contribution in [0.15, 0.2) is 54.6 Å². The zero-order valence-electron chi connectivity index (χ0n) is 15.7. The number of fused-ring (bicyclic) bond motifs is 1. The summed E-state index contributed by atoms with van der Waals surface area (Å²) in [5.74, 6) is -0.471. The first kappa shape index (κ1) is 18.8. The number of carbonyl (C=O) groups excluding carboxylic acids is 3. The number of carbonyl (C=O) groups is 3. The Morgan fingerprint density at radius 3 is 2.45 bits per heavy atom. The lowest BCUT2D eigenvalue weighted by atomic mass is 10.1. The number of amides is 3. The van der Waals surface area contributed by atoms with E-state index >= 15 is 0 Å². The van der Waals surface area contributed by atoms with Gasteiger partial charge >= 0.3 is 0 Å². The molecule has 1 saturated heterocycles. The highest BCUT2D eigenvalue weighted by molar-refractivity contribution is 5.91. The molecular weight excluding hydrogens is 374 g/mol. The molecule has 2 aliphatic rings. The molecule has 1 fully saturated rings. The van der Waals surface area contributed by atoms with Crippen LogP contribution in [0.2, 0.25) is 0 Å². The highest BCUT2D eigenvalue weighted by Crippen LogP contribution is 2.30. The number of hydrogen-bond acceptors (Lipinski definition) is 5. The van der Waals surface area contributed by atoms with Crippen LogP contribution in [0.5, 0.6) is 11.5 Å². The Hall–Kier alpha value is -3.55. The van der Waals surface area contributed by atoms with Crippen LogP contribution in [-0.4, -0.2) is 41.9 Å². The quantitative estimate of drug-likeness (QED) is 0.754. The number of nitrogens with one attached hydrogen (secondary N) is 2. The fourth-order valence-electron chi connectivity index (χ4n) is 3.36. The molecule has 2 heterocycles. The van der Waals surface area contributed by atoms with Gasteiger partial charge in [-0.25, -0.2) is 0 Å². The van der Waals surface area contributed by atoms with Crippen molar-refractivity contribution in [3.8, 4) is 11.5 Å². The summed E-state index contributed by atoms with van der Waals surface area (Å²) in [6.07, 6.45) is -0.754. The van der Waals surface area contributed by atoms with Gasteiger partial charge in [0.25, 0.3) is 5.91 Å². The maximum Gasteiger partial charge on any atom is 0.283 e. The summed E-state index contributed by atoms with van der Waals surface area (Å²) in [5, 5.41) is 0. The Kier molecular flexibility index (Phi) is 5.33. The molecule has 2 aromatic carbocycles. The standard InChI is InChI=1S/C21H21N3O5/c25-19-10-15(12-24(19)11-14-6-2-1-3-7-14)20(26)22-23-21(27)18-13-28-16-8-4-5-9-17(16)29-18/h1-9,15,18H,10-13H2,(H,22,26)(H,23,27). The number of likely N-dealkylation sites (tertiary alicyclic amines) is 1. The fraction of sp³-hybridized carbons (Fsp3) is 0.286. The van der Waals surface area contributed by atoms with E-state index in [4.69, 9.17) is 9.47 Å². The summed E-state index contributed by atoms with van der Waals surface area (Å²) in [6, 6.07) is 16.7. The van der Waals surface area contributed by atoms with E-state index in [9.17, 15) is 14.4 Å². The maximum atomic E-state index is 12.4. The molecule has 8 nitrogen and oxygen atoms in total. The molecule has 0 bridgehead atoms. The molecule has 2 aromatic rings. The lowest BCUT2D eigenvalue weighted by Gasteiger charge is -2.25. The fourth-order valence-corrected chi connectivity index (χ4v) is 3.36. The molecule has 4 rings (SSSR count). The number of para-hydroxylation sites is 2. The smallest absolute Gasteiger partial charge is 0.283 e. The Bertz CT molecular complexity index is 918. The lowest BCUT2D eigenvalue weighted by Crippen LogP contribution is -2.52. The Labute approximate surface area is 167 Å². The number of hydrogen-bond donors (Lipinski definition) is 2. The van der Waals surface area contributed by atoms with E-state index in [1.165, 1.54) is 0 Å². The summed E-state index contributed by atoms with van der Waals surface area (Å²) in [5.41, 5.74) is 5.77. The summed E-state index contributed by atoms with van der Waals surface area (Å²) >= 11 is 0. The normalized spacial score (nSPS) is 20.3. The maximum absolute atomic E-state index is 12.4. The first-order chi connectivity index (χ1) is 14.1. The molecule has 2 atom stereocenters. The molecule has 2 N–H and O–H groups in total. The second kappa shape index (κ2) is 8.22. The average Bonchev–Trinajstić information content (AvgIpc) is 3.12. The largest absolute Gasteiger partial charge is 0.485 e. The van der Waals surface area contributed by atoms with Crippen LogP contribution in [0.4, 0.5) is 0 Å². The highest BCUT2D eigenvalue weighted by atomic mass is 16.6. The predicted molar refractivity (Wildman–Crippen MR) is 103 cm³/mol. The van der Waals surface area contributed by atoms with Crippen LogP contribution in [0.25, 0.3) is 0 Å². The molecule has 8 heteroatoms. The molecular formula is C21H21N3O5. The minimum atomic E-state index is -0.870. The summed E-state index contributed by atoms with van der Waals surface area (Å²) < 4.78 is 11.1. The van der Waals surface area contributed by atoms with Gasteiger partial charge in [-0.15, -0.1) is 0 Å². The Morgan fingerprint density at radius 2 is 1.66 bits per heavy atom. The van der Waals surface area contributed by atoms with Crippen LogP contribution >= 0.6 is 0 Å². The van der Waals surface area contributed by atoms with Crippen molar-refractivity contribution in [1.29, 1.82) is 0 Å². The molecule has 0 radical (unpaired) electrons. The predicted octanol–water partition coefficient (Wildman–Crippen LogP) is 1.02. The molecule has 150 valence electrons. The number of rotatable bonds is 4. The van der Waals surface area contributed by atoms with E-state index in [0.717, 1.165) is 5.56 Å². The van der Waals surface area contributed by atoms with Crippen molar-refractivity contribution < 1.29 is 23.9 Å². The van der Waals surface area contributed by atoms with E-state index < -0.39 is 23.8 Å². The monoisotopic (exact) mass is 395 g/mol. The van der Waals surface area contributed by atoms with Crippen molar-refractivity contribution in [2.45, 2.75) is 19.1 Å². The van der Waals surface area contributed by atoms with Gasteiger partial charge in [-0.3, -0.25) is 25.2 Å². The van der Waals surface area contributed by atoms with Gasteiger partial charge in [0.05, 0.1) is 5.92 Å². The van der Waals surface area contributed by atoms with Crippen LogP contribution in [0.3, 0.4) is 0 Å². The minimum absolute atomic E-state index is 0.0471. The van der Waals surface area contributed by atoms with Crippen molar-refractivity contribution in [3.63, 3.8) is 0 Å². The van der Waals surface area contributed by atoms with Gasteiger partial charge in [0.2, 0.25) is 17.9 Å². The van der Waals surface area contributed by atoms with Crippen LogP contribution in [-0.2, 0) is 20.9 Å². The molecule has 0 aromatic heterocycles. The van der Waals surface area contributed by atoms with E-state index in [-0.39, 0.29) is 18.9 Å². The van der Waals surface area contributed by atoms with Crippen LogP contribution in [0.1, 0.15) is 12.0 Å². The number of benzene rings is 2. The zero-order valence-corrected chi connectivity index (χ0v) is 15.7. The SMILES string of the molecule is O=C(NNC(=O)C1COc2ccccc2O1)C1CC(=O)N(Cc2ccccc2)C1. The molecule has 0 aliphatic carbocycles. The number of nitrogens with zero attached hydrogens (tertiary/aromatic N) is 1. The van der Waals surface area contributed by atoms with Gasteiger partial charge in [0.1, 0.15) is 6.61 Å². The van der Waals surface area contributed by atoms with Crippen molar-refractivity contribution >= 4 is 17.7 Å². The Balaban J connectivity index is 1.27. The third-order valence-electron chi connectivity index (χ3n) is 4.91. The summed E-state index contributed by atoms with van der Waals surface area (Å²) in [6.45, 7) is 0.819. The summed E-state index contributed by atoms with van der Waals surface area (Å²) in [7, 11) is 0. The van der Waals surface area contributed by atoms with Gasteiger partial charge in [-0.05, 0) is 17.7 Å². The molecule has 3 amide bonds. The molecule has 2 unspecified atom stereocenters. The van der Waals surface area contributed by atoms with E-state index in [1.807, 2.05) is 36.4 Å². The number of hydrazine groups is 1. The topological polar surface area (TPSA) is 97.0 Å². The minimum Gasteiger partial charge on any atom is -0.485 e. The lowest BCUT2D eigenvalue weighted by molar-refractivity contribution is -0.136. The van der Waals surface area contributed by atoms with E-state index in [1.54, 1.807) is 23.1 Å². The van der Waals surface area contributed by atoms with Crippen molar-refractivity contribution in [3.05, 3.63) is 60.2 Å². The summed E-state index contributed by atoms with van der Waals surface area (Å²) in [4.78, 5) is 38.6. The second-order valence-electron chi connectivity index (χ2n) is 7.00. The van der Waals surface area contributed by atoms with E-state index in [0.29, 0.717) is 24.6 Å². The van der Waals surface area contributed by atoms with Crippen LogP contribution < -0.4 is 20.3 Å². The zero-order chi connectivity index (χ0) is 20.2. The van der Waals surface area contributed by atoms with Crippen molar-refractivity contribution in [2.24, 2.45) is 5.92 Å². The Morgan fingerprint density at radius 1 is 0.966 bits per heavy atom. The third-order valence-corrected chi connectivity index (χ3v) is 4.91. The number of ether oxygens (including phenoxy) is 2. The van der Waals surface area contributed by atoms with E-state index in [2.05, 4.69) is 10.9 Å². The molecule has 0 spiro atoms. The van der Waals surface area contributed by atoms with Gasteiger partial charge in [0, 0.05) is 19.5 Å². The van der Waals surface area contributed by atoms with Gasteiger partial charge in [0.15, 0.2) is 11.5 Å². The molecule has 29 heavy (non-hydrogen) atoms. The van der Waals surface area contributed by atoms with Gasteiger partial charge < -0.3 is 14.4 Å². The van der Waals surface area contributed by atoms with Crippen molar-refractivity contribution in [2.75, 3.05) is 13.2 Å². The first-order valence-corrected chi connectivity index (χ1v) is 9.40. The van der Waals surface area contributed by atoms with Crippen LogP contribution in [0, 0.1) is 5.92 Å². The van der Waals surface area contributed by atoms with Gasteiger partial charge in [-0.2, -0.15) is 0 Å². The van der Waals surface area contributed by atoms with Gasteiger partial charge in [-0.1, -0.05) is 42.5 Å². The third kappa shape index (κ3) is 4.31.